The van der Waals surface area contributed by atoms with Gasteiger partial charge in [-0.15, -0.1) is 0 Å². The van der Waals surface area contributed by atoms with E-state index in [1.807, 2.05) is 0 Å². The maximum atomic E-state index is 2.49. The Balaban J connectivity index is 0.000000124. The minimum absolute atomic E-state index is 0.526. The van der Waals surface area contributed by atoms with Crippen LogP contribution in [0.2, 0.25) is 0 Å². The maximum Gasteiger partial charge on any atom is -0.0287 e. The standard InChI is InChI=1S/C16H30.C14H26.C12H20.C12H22.C12H24.C10H18.2C9H16.C8H14/c1-13-6-8-16(9-7-13)11-14(2,3)10-15(4,5)12-16;1-12-4-6-14(7-5-12)10-8-13(2,3)9-11-14;1-2-12-6-9-3-10(7-12)5-11(4-9)8-12;1-11-5-9-12(10-6-11)7-3-2-4-8-12;1-7-12(6)8-10(2,3)11(4,5)9-12;1-7-8-4-5-9(6-8)10(7,2)3;1-7-5-8-3-4-9(7,2)6-8;1-6-7(2)9-4-3-8(6)5-9;1-6-4-7-2-3-8(6)5-7/h13H,6-12H2,1-5H3;12H,4-11H2,1-3H3;9-11H,2-8H2,1H3;11H,2-10H2,1H3;7-9H2,1-6H3;7-9H,4-6H2,1-3H3;7-8H,3-6H2,1-2H3;6-9H,3-5H2,1-2H3;6-8H,2-5H2,1H3. The molecule has 12 bridgehead atoms. The first kappa shape index (κ1) is 84.4. The Labute approximate surface area is 642 Å². The molecular formula is C102H186. The second kappa shape index (κ2) is 33.4. The number of fused-ring (bicyclic) bond motifs is 8. The summed E-state index contributed by atoms with van der Waals surface area (Å²) in [7, 11) is 0. The van der Waals surface area contributed by atoms with E-state index in [-0.39, 0.29) is 0 Å². The van der Waals surface area contributed by atoms with Crippen molar-refractivity contribution in [2.75, 3.05) is 0 Å². The molecule has 0 aliphatic heterocycles. The lowest BCUT2D eigenvalue weighted by molar-refractivity contribution is -0.0545. The molecule has 13 atom stereocenters. The molecule has 102 heavy (non-hydrogen) atoms. The molecule has 0 heterocycles. The minimum atomic E-state index is 0.526. The summed E-state index contributed by atoms with van der Waals surface area (Å²) in [6, 6.07) is 0. The molecule has 0 aromatic rings. The topological polar surface area (TPSA) is 0 Å². The van der Waals surface area contributed by atoms with E-state index in [4.69, 9.17) is 0 Å². The number of hydrogen-bond acceptors (Lipinski definition) is 0. The van der Waals surface area contributed by atoms with Crippen LogP contribution < -0.4 is 0 Å². The zero-order valence-corrected chi connectivity index (χ0v) is 74.3. The summed E-state index contributed by atoms with van der Waals surface area (Å²) >= 11 is 0. The highest BCUT2D eigenvalue weighted by atomic mass is 14.6. The molecule has 0 aromatic carbocycles. The molecule has 19 aliphatic rings. The van der Waals surface area contributed by atoms with Gasteiger partial charge in [-0.3, -0.25) is 0 Å². The maximum absolute atomic E-state index is 2.49. The van der Waals surface area contributed by atoms with Crippen LogP contribution in [0.1, 0.15) is 474 Å². The lowest BCUT2D eigenvalue weighted by atomic mass is 9.49. The van der Waals surface area contributed by atoms with Gasteiger partial charge in [-0.25, -0.2) is 0 Å². The molecule has 0 heteroatoms. The highest BCUT2D eigenvalue weighted by Gasteiger charge is 2.54. The molecule has 13 unspecified atom stereocenters. The molecule has 19 rings (SSSR count). The molecule has 3 spiro atoms. The van der Waals surface area contributed by atoms with Crippen molar-refractivity contribution in [2.24, 2.45) is 172 Å². The molecule has 19 aliphatic carbocycles. The molecule has 0 N–H and O–H groups in total. The Hall–Kier alpha value is 0. The molecular weight excluding hydrogens is 1230 g/mol. The molecule has 594 valence electrons. The van der Waals surface area contributed by atoms with Gasteiger partial charge in [-0.1, -0.05) is 243 Å². The predicted octanol–water partition coefficient (Wildman–Crippen LogP) is 33.3. The summed E-state index contributed by atoms with van der Waals surface area (Å²) in [4.78, 5) is 0. The second-order valence-corrected chi connectivity index (χ2v) is 49.7. The van der Waals surface area contributed by atoms with Crippen molar-refractivity contribution in [1.82, 2.24) is 0 Å². The van der Waals surface area contributed by atoms with Crippen LogP contribution in [-0.2, 0) is 0 Å². The Kier molecular flexibility index (Phi) is 27.6. The van der Waals surface area contributed by atoms with Crippen molar-refractivity contribution in [2.45, 2.75) is 474 Å². The lowest BCUT2D eigenvalue weighted by Gasteiger charge is -2.56. The molecule has 0 aromatic heterocycles. The molecule has 19 saturated carbocycles. The molecule has 0 saturated heterocycles. The van der Waals surface area contributed by atoms with E-state index in [0.29, 0.717) is 43.3 Å². The van der Waals surface area contributed by atoms with Crippen LogP contribution >= 0.6 is 0 Å². The van der Waals surface area contributed by atoms with Gasteiger partial charge in [0.1, 0.15) is 0 Å². The minimum Gasteiger partial charge on any atom is -0.0649 e. The Morgan fingerprint density at radius 2 is 0.745 bits per heavy atom. The quantitative estimate of drug-likeness (QED) is 0.259. The normalized spacial score (nSPS) is 42.4. The Morgan fingerprint density at radius 1 is 0.294 bits per heavy atom. The van der Waals surface area contributed by atoms with Gasteiger partial charge < -0.3 is 0 Å². The van der Waals surface area contributed by atoms with Crippen LogP contribution in [0.4, 0.5) is 0 Å². The molecule has 0 amide bonds. The van der Waals surface area contributed by atoms with E-state index >= 15 is 0 Å². The van der Waals surface area contributed by atoms with Crippen molar-refractivity contribution < 1.29 is 0 Å². The van der Waals surface area contributed by atoms with Crippen LogP contribution in [0.3, 0.4) is 0 Å². The summed E-state index contributed by atoms with van der Waals surface area (Å²) < 4.78 is 0. The van der Waals surface area contributed by atoms with Crippen molar-refractivity contribution in [3.63, 3.8) is 0 Å². The summed E-state index contributed by atoms with van der Waals surface area (Å²) in [6.07, 6.45) is 72.9. The fourth-order valence-electron chi connectivity index (χ4n) is 30.8. The van der Waals surface area contributed by atoms with Gasteiger partial charge in [0.2, 0.25) is 0 Å². The zero-order valence-electron chi connectivity index (χ0n) is 74.3. The first-order chi connectivity index (χ1) is 47.5. The highest BCUT2D eigenvalue weighted by molar-refractivity contribution is 5.05. The monoisotopic (exact) mass is 1410 g/mol. The SMILES string of the molecule is CC1C2CCC(C2)C1(C)C.CC1C2CCC(C2)C1C.CC1CC2CCC1(C)C2.CC1CC2CCC1C2.CC1CCC2(CC1)CC(C)(C)CC(C)(C)C2.CC1CCC2(CC1)CCC(C)(C)CC2.CC1CCC2(CCCCC2)CC1.CCC1(C)CC(C)(C)C(C)(C)C1.CCC12CC3CC(CC(C3)C1)C2. The highest BCUT2D eigenvalue weighted by Crippen LogP contribution is 2.65. The van der Waals surface area contributed by atoms with Gasteiger partial charge in [0.15, 0.2) is 0 Å². The van der Waals surface area contributed by atoms with Gasteiger partial charge in [0.25, 0.3) is 0 Å². The third kappa shape index (κ3) is 21.0. The van der Waals surface area contributed by atoms with Crippen molar-refractivity contribution in [1.29, 1.82) is 0 Å². The summed E-state index contributed by atoms with van der Waals surface area (Å²) in [5, 5.41) is 0. The third-order valence-electron chi connectivity index (χ3n) is 38.7. The Bertz CT molecular complexity index is 2420. The average molecular weight is 1410 g/mol. The van der Waals surface area contributed by atoms with Gasteiger partial charge in [0, 0.05) is 0 Å². The van der Waals surface area contributed by atoms with E-state index in [1.54, 1.807) is 96.3 Å². The molecule has 0 radical (unpaired) electrons. The number of hydrogen-bond donors (Lipinski definition) is 0. The lowest BCUT2D eigenvalue weighted by Crippen LogP contribution is -2.45. The van der Waals surface area contributed by atoms with E-state index in [2.05, 4.69) is 166 Å². The zero-order chi connectivity index (χ0) is 74.3. The predicted molar refractivity (Wildman–Crippen MR) is 450 cm³/mol. The fourth-order valence-corrected chi connectivity index (χ4v) is 30.8. The van der Waals surface area contributed by atoms with Gasteiger partial charge in [-0.05, 0) is 403 Å². The van der Waals surface area contributed by atoms with Crippen LogP contribution in [-0.4, -0.2) is 0 Å². The third-order valence-corrected chi connectivity index (χ3v) is 38.7. The summed E-state index contributed by atoms with van der Waals surface area (Å²) in [5.41, 5.74) is 8.06. The largest absolute Gasteiger partial charge is 0.0649 e. The second-order valence-electron chi connectivity index (χ2n) is 49.7. The van der Waals surface area contributed by atoms with Gasteiger partial charge in [-0.2, -0.15) is 0 Å². The molecule has 19 fully saturated rings. The van der Waals surface area contributed by atoms with Crippen molar-refractivity contribution in [3.8, 4) is 0 Å². The van der Waals surface area contributed by atoms with Crippen molar-refractivity contribution >= 4 is 0 Å². The fraction of sp³-hybridized carbons (Fsp3) is 1.00. The van der Waals surface area contributed by atoms with Crippen LogP contribution in [0, 0.1) is 172 Å². The van der Waals surface area contributed by atoms with Crippen LogP contribution in [0.5, 0.6) is 0 Å². The van der Waals surface area contributed by atoms with Crippen molar-refractivity contribution in [3.05, 3.63) is 0 Å². The van der Waals surface area contributed by atoms with Gasteiger partial charge in [0.05, 0.1) is 0 Å². The average Bonchev–Trinajstić information content (AvgIpc) is 0.954. The smallest absolute Gasteiger partial charge is 0.0287 e. The summed E-state index contributed by atoms with van der Waals surface area (Å²) in [6.45, 7) is 58.6. The van der Waals surface area contributed by atoms with Gasteiger partial charge >= 0.3 is 0 Å². The number of rotatable bonds is 2. The summed E-state index contributed by atoms with van der Waals surface area (Å²) in [5.74, 6) is 19.4. The van der Waals surface area contributed by atoms with E-state index in [1.165, 1.54) is 212 Å². The Morgan fingerprint density at radius 3 is 1.05 bits per heavy atom. The van der Waals surface area contributed by atoms with Crippen LogP contribution in [0.15, 0.2) is 0 Å². The van der Waals surface area contributed by atoms with E-state index in [9.17, 15) is 0 Å². The van der Waals surface area contributed by atoms with E-state index < -0.39 is 0 Å². The van der Waals surface area contributed by atoms with Crippen LogP contribution in [0.25, 0.3) is 0 Å². The molecule has 0 nitrogen and oxygen atoms in total. The van der Waals surface area contributed by atoms with E-state index in [0.717, 1.165) is 128 Å². The first-order valence-corrected chi connectivity index (χ1v) is 47.5. The first-order valence-electron chi connectivity index (χ1n) is 47.5.